The molecule has 0 saturated carbocycles. The quantitative estimate of drug-likeness (QED) is 0.573. The molecule has 0 rings (SSSR count). The van der Waals surface area contributed by atoms with Crippen LogP contribution < -0.4 is 5.32 Å². The largest absolute Gasteiger partial charge is 0.385 e. The lowest BCUT2D eigenvalue weighted by atomic mass is 9.96. The average molecular weight is 253 g/mol. The third-order valence-corrected chi connectivity index (χ3v) is 2.75. The first kappa shape index (κ1) is 16.7. The van der Waals surface area contributed by atoms with Crippen molar-refractivity contribution < 1.29 is 18.3 Å². The number of methoxy groups -OCH3 is 1. The Morgan fingerprint density at radius 2 is 1.88 bits per heavy atom. The van der Waals surface area contributed by atoms with E-state index in [-0.39, 0.29) is 0 Å². The lowest BCUT2D eigenvalue weighted by Gasteiger charge is -2.24. The second-order valence-electron chi connectivity index (χ2n) is 4.18. The van der Waals surface area contributed by atoms with Crippen molar-refractivity contribution in [3.63, 3.8) is 0 Å². The zero-order chi connectivity index (χ0) is 13.1. The van der Waals surface area contributed by atoms with Crippen LogP contribution in [0.3, 0.4) is 0 Å². The summed E-state index contributed by atoms with van der Waals surface area (Å²) in [7, 11) is 1.68. The van der Waals surface area contributed by atoms with Crippen LogP contribution >= 0.6 is 0 Å². The van der Waals surface area contributed by atoms with Crippen LogP contribution in [0.25, 0.3) is 0 Å². The van der Waals surface area contributed by atoms with Gasteiger partial charge < -0.3 is 14.8 Å². The Bertz CT molecular complexity index is 171. The van der Waals surface area contributed by atoms with Crippen LogP contribution in [0, 0.1) is 5.92 Å². The summed E-state index contributed by atoms with van der Waals surface area (Å²) in [5.74, 6) is 0.449. The predicted molar refractivity (Wildman–Crippen MR) is 64.6 cm³/mol. The van der Waals surface area contributed by atoms with E-state index < -0.39 is 13.0 Å². The Morgan fingerprint density at radius 1 is 1.18 bits per heavy atom. The summed E-state index contributed by atoms with van der Waals surface area (Å²) in [6.45, 7) is 5.68. The monoisotopic (exact) mass is 253 g/mol. The van der Waals surface area contributed by atoms with Crippen LogP contribution in [0.1, 0.15) is 26.7 Å². The van der Waals surface area contributed by atoms with Gasteiger partial charge in [-0.3, -0.25) is 0 Å². The van der Waals surface area contributed by atoms with Crippen molar-refractivity contribution in [3.05, 3.63) is 0 Å². The maximum absolute atomic E-state index is 11.9. The van der Waals surface area contributed by atoms with E-state index in [0.29, 0.717) is 18.6 Å². The molecule has 0 heterocycles. The van der Waals surface area contributed by atoms with Crippen molar-refractivity contribution in [2.75, 3.05) is 33.5 Å². The lowest BCUT2D eigenvalue weighted by molar-refractivity contribution is 0.0126. The summed E-state index contributed by atoms with van der Waals surface area (Å²) < 4.78 is 33.7. The molecular weight excluding hydrogens is 228 g/mol. The van der Waals surface area contributed by atoms with Crippen molar-refractivity contribution in [2.45, 2.75) is 39.2 Å². The maximum Gasteiger partial charge on any atom is 0.261 e. The number of rotatable bonds is 11. The molecule has 0 radical (unpaired) electrons. The van der Waals surface area contributed by atoms with E-state index >= 15 is 0 Å². The van der Waals surface area contributed by atoms with E-state index in [9.17, 15) is 8.78 Å². The minimum absolute atomic E-state index is 0.299. The molecule has 17 heavy (non-hydrogen) atoms. The van der Waals surface area contributed by atoms with E-state index in [4.69, 9.17) is 9.47 Å². The summed E-state index contributed by atoms with van der Waals surface area (Å²) in [5, 5.41) is 3.36. The number of hydrogen-bond donors (Lipinski definition) is 1. The van der Waals surface area contributed by atoms with Gasteiger partial charge in [-0.1, -0.05) is 13.8 Å². The summed E-state index contributed by atoms with van der Waals surface area (Å²) in [6.07, 6.45) is -0.660. The molecule has 5 heteroatoms. The normalized spacial score (nSPS) is 15.2. The highest BCUT2D eigenvalue weighted by molar-refractivity contribution is 4.72. The Morgan fingerprint density at radius 3 is 2.41 bits per heavy atom. The first-order valence-corrected chi connectivity index (χ1v) is 6.20. The first-order chi connectivity index (χ1) is 8.11. The molecule has 0 aliphatic rings. The predicted octanol–water partition coefficient (Wildman–Crippen LogP) is 2.31. The van der Waals surface area contributed by atoms with Crippen molar-refractivity contribution >= 4 is 0 Å². The molecular formula is C12H25F2NO2. The molecule has 0 spiro atoms. The Hall–Kier alpha value is -0.260. The smallest absolute Gasteiger partial charge is 0.261 e. The fourth-order valence-corrected chi connectivity index (χ4v) is 1.74. The Labute approximate surface area is 103 Å². The van der Waals surface area contributed by atoms with Crippen LogP contribution in [0.2, 0.25) is 0 Å². The maximum atomic E-state index is 11.9. The first-order valence-electron chi connectivity index (χ1n) is 6.20. The molecule has 0 amide bonds. The van der Waals surface area contributed by atoms with E-state index in [2.05, 4.69) is 12.2 Å². The van der Waals surface area contributed by atoms with Crippen molar-refractivity contribution in [1.82, 2.24) is 5.32 Å². The van der Waals surface area contributed by atoms with E-state index in [0.717, 1.165) is 26.0 Å². The third kappa shape index (κ3) is 9.44. The lowest BCUT2D eigenvalue weighted by Crippen LogP contribution is -2.36. The van der Waals surface area contributed by atoms with Gasteiger partial charge in [0.2, 0.25) is 0 Å². The molecule has 104 valence electrons. The zero-order valence-electron chi connectivity index (χ0n) is 11.0. The number of hydrogen-bond acceptors (Lipinski definition) is 3. The molecule has 0 aliphatic carbocycles. The van der Waals surface area contributed by atoms with Crippen molar-refractivity contribution in [3.8, 4) is 0 Å². The van der Waals surface area contributed by atoms with Gasteiger partial charge in [0, 0.05) is 26.4 Å². The van der Waals surface area contributed by atoms with Crippen LogP contribution in [0.4, 0.5) is 8.78 Å². The standard InChI is InChI=1S/C12H25F2NO2/c1-4-15-11(10(2)5-7-16-3)6-8-17-9-12(13)14/h10-12,15H,4-9H2,1-3H3. The summed E-state index contributed by atoms with van der Waals surface area (Å²) in [6, 6.07) is 0.299. The van der Waals surface area contributed by atoms with Crippen LogP contribution in [0.5, 0.6) is 0 Å². The number of ether oxygens (including phenoxy) is 2. The molecule has 0 aromatic rings. The highest BCUT2D eigenvalue weighted by atomic mass is 19.3. The molecule has 0 aliphatic heterocycles. The van der Waals surface area contributed by atoms with Gasteiger partial charge in [0.1, 0.15) is 6.61 Å². The van der Waals surface area contributed by atoms with E-state index in [1.165, 1.54) is 0 Å². The topological polar surface area (TPSA) is 30.5 Å². The van der Waals surface area contributed by atoms with Crippen LogP contribution in [-0.2, 0) is 9.47 Å². The molecule has 0 fully saturated rings. The highest BCUT2D eigenvalue weighted by Gasteiger charge is 2.16. The molecule has 3 nitrogen and oxygen atoms in total. The van der Waals surface area contributed by atoms with Gasteiger partial charge in [0.25, 0.3) is 6.43 Å². The van der Waals surface area contributed by atoms with Crippen molar-refractivity contribution in [1.29, 1.82) is 0 Å². The third-order valence-electron chi connectivity index (χ3n) is 2.75. The van der Waals surface area contributed by atoms with Gasteiger partial charge in [-0.05, 0) is 25.3 Å². The molecule has 0 aromatic heterocycles. The minimum Gasteiger partial charge on any atom is -0.385 e. The minimum atomic E-state index is -2.38. The zero-order valence-corrected chi connectivity index (χ0v) is 11.0. The van der Waals surface area contributed by atoms with Gasteiger partial charge >= 0.3 is 0 Å². The number of alkyl halides is 2. The molecule has 0 saturated heterocycles. The second-order valence-corrected chi connectivity index (χ2v) is 4.18. The summed E-state index contributed by atoms with van der Waals surface area (Å²) in [4.78, 5) is 0. The molecule has 1 N–H and O–H groups in total. The van der Waals surface area contributed by atoms with Gasteiger partial charge in [-0.15, -0.1) is 0 Å². The molecule has 2 unspecified atom stereocenters. The van der Waals surface area contributed by atoms with Gasteiger partial charge in [0.15, 0.2) is 0 Å². The molecule has 0 bridgehead atoms. The summed E-state index contributed by atoms with van der Waals surface area (Å²) in [5.41, 5.74) is 0. The van der Waals surface area contributed by atoms with E-state index in [1.54, 1.807) is 7.11 Å². The number of halogens is 2. The Kier molecular flexibility index (Phi) is 10.7. The summed E-state index contributed by atoms with van der Waals surface area (Å²) >= 11 is 0. The van der Waals surface area contributed by atoms with Gasteiger partial charge in [0.05, 0.1) is 0 Å². The van der Waals surface area contributed by atoms with Crippen LogP contribution in [-0.4, -0.2) is 45.9 Å². The SMILES string of the molecule is CCNC(CCOCC(F)F)C(C)CCOC. The van der Waals surface area contributed by atoms with E-state index in [1.807, 2.05) is 6.92 Å². The Balaban J connectivity index is 3.79. The molecule has 0 aromatic carbocycles. The van der Waals surface area contributed by atoms with Gasteiger partial charge in [-0.2, -0.15) is 0 Å². The second kappa shape index (κ2) is 10.9. The molecule has 2 atom stereocenters. The van der Waals surface area contributed by atoms with Crippen molar-refractivity contribution in [2.24, 2.45) is 5.92 Å². The van der Waals surface area contributed by atoms with Crippen LogP contribution in [0.15, 0.2) is 0 Å². The fraction of sp³-hybridized carbons (Fsp3) is 1.00. The highest BCUT2D eigenvalue weighted by Crippen LogP contribution is 2.12. The fourth-order valence-electron chi connectivity index (χ4n) is 1.74. The number of nitrogens with one attached hydrogen (secondary N) is 1. The average Bonchev–Trinajstić information content (AvgIpc) is 2.29. The van der Waals surface area contributed by atoms with Gasteiger partial charge in [-0.25, -0.2) is 8.78 Å².